The van der Waals surface area contributed by atoms with Crippen molar-refractivity contribution in [2.45, 2.75) is 39.7 Å². The Kier molecular flexibility index (Phi) is 7.80. The van der Waals surface area contributed by atoms with Crippen molar-refractivity contribution in [1.82, 2.24) is 9.88 Å². The molecule has 2 aromatic rings. The molecule has 2 heterocycles. The number of piperazine rings is 1. The van der Waals surface area contributed by atoms with E-state index < -0.39 is 0 Å². The average Bonchev–Trinajstić information content (AvgIpc) is 3.71. The predicted molar refractivity (Wildman–Crippen MR) is 144 cm³/mol. The monoisotopic (exact) mass is 457 g/mol. The number of hydrogen-bond donors (Lipinski definition) is 2. The lowest BCUT2D eigenvalue weighted by Gasteiger charge is -2.36. The first-order valence-electron chi connectivity index (χ1n) is 12.1. The first-order valence-corrected chi connectivity index (χ1v) is 12.1. The van der Waals surface area contributed by atoms with E-state index in [1.165, 1.54) is 18.5 Å². The van der Waals surface area contributed by atoms with Gasteiger partial charge in [0.2, 0.25) is 5.56 Å². The number of nitrogens with one attached hydrogen (secondary N) is 2. The fraction of sp³-hybridized carbons (Fsp3) is 0.357. The molecule has 1 aliphatic heterocycles. The van der Waals surface area contributed by atoms with Gasteiger partial charge in [0.05, 0.1) is 11.4 Å². The Hall–Kier alpha value is -3.38. The first-order chi connectivity index (χ1) is 16.5. The fourth-order valence-corrected chi connectivity index (χ4v) is 4.20. The molecule has 1 aliphatic carbocycles. The number of anilines is 2. The van der Waals surface area contributed by atoms with Crippen molar-refractivity contribution in [3.05, 3.63) is 88.6 Å². The Balaban J connectivity index is 1.48. The molecule has 1 aromatic heterocycles. The van der Waals surface area contributed by atoms with Crippen LogP contribution in [0.2, 0.25) is 0 Å². The van der Waals surface area contributed by atoms with Crippen LogP contribution in [0.4, 0.5) is 11.4 Å². The van der Waals surface area contributed by atoms with Gasteiger partial charge in [-0.05, 0) is 81.2 Å². The number of pyridine rings is 1. The van der Waals surface area contributed by atoms with E-state index in [4.69, 9.17) is 0 Å². The molecule has 0 amide bonds. The maximum absolute atomic E-state index is 11.6. The van der Waals surface area contributed by atoms with Crippen LogP contribution in [0.1, 0.15) is 39.2 Å². The van der Waals surface area contributed by atoms with Gasteiger partial charge in [0.1, 0.15) is 0 Å². The van der Waals surface area contributed by atoms with Crippen molar-refractivity contribution >= 4 is 22.7 Å². The van der Waals surface area contributed by atoms with Crippen LogP contribution in [-0.2, 0) is 0 Å². The van der Waals surface area contributed by atoms with Crippen LogP contribution < -0.4 is 15.8 Å². The second-order valence-corrected chi connectivity index (χ2v) is 8.99. The summed E-state index contributed by atoms with van der Waals surface area (Å²) in [5, 5.41) is 3.52. The number of allylic oxidation sites excluding steroid dienone is 5. The molecule has 1 saturated heterocycles. The van der Waals surface area contributed by atoms with E-state index in [-0.39, 0.29) is 5.56 Å². The number of aliphatic imine (C=N–C) groups is 1. The van der Waals surface area contributed by atoms with Crippen molar-refractivity contribution < 1.29 is 0 Å². The highest BCUT2D eigenvalue weighted by atomic mass is 16.1. The van der Waals surface area contributed by atoms with Crippen molar-refractivity contribution in [1.29, 1.82) is 0 Å². The molecule has 1 saturated carbocycles. The molecule has 6 nitrogen and oxygen atoms in total. The van der Waals surface area contributed by atoms with Gasteiger partial charge in [0.15, 0.2) is 0 Å². The molecule has 0 spiro atoms. The largest absolute Gasteiger partial charge is 0.369 e. The Bertz CT molecular complexity index is 1140. The Labute approximate surface area is 202 Å². The van der Waals surface area contributed by atoms with Crippen molar-refractivity contribution in [3.8, 4) is 0 Å². The van der Waals surface area contributed by atoms with Crippen molar-refractivity contribution in [2.75, 3.05) is 36.4 Å². The van der Waals surface area contributed by atoms with E-state index in [2.05, 4.69) is 49.4 Å². The average molecular weight is 458 g/mol. The lowest BCUT2D eigenvalue weighted by Crippen LogP contribution is -2.47. The number of rotatable bonds is 8. The summed E-state index contributed by atoms with van der Waals surface area (Å²) in [5.41, 5.74) is 5.88. The van der Waals surface area contributed by atoms with Crippen LogP contribution in [0, 0.1) is 0 Å². The number of aromatic nitrogens is 1. The van der Waals surface area contributed by atoms with Gasteiger partial charge in [-0.25, -0.2) is 0 Å². The second kappa shape index (κ2) is 11.2. The smallest absolute Gasteiger partial charge is 0.248 e. The van der Waals surface area contributed by atoms with Crippen LogP contribution in [0.15, 0.2) is 82.5 Å². The van der Waals surface area contributed by atoms with Gasteiger partial charge < -0.3 is 15.2 Å². The van der Waals surface area contributed by atoms with Gasteiger partial charge in [-0.15, -0.1) is 0 Å². The lowest BCUT2D eigenvalue weighted by molar-refractivity contribution is 0.248. The summed E-state index contributed by atoms with van der Waals surface area (Å²) in [6.07, 6.45) is 12.2. The van der Waals surface area contributed by atoms with Crippen LogP contribution in [0.3, 0.4) is 0 Å². The maximum atomic E-state index is 11.6. The highest BCUT2D eigenvalue weighted by Gasteiger charge is 2.31. The summed E-state index contributed by atoms with van der Waals surface area (Å²) >= 11 is 0. The van der Waals surface area contributed by atoms with E-state index in [0.29, 0.717) is 0 Å². The van der Waals surface area contributed by atoms with E-state index in [1.807, 2.05) is 45.1 Å². The first kappa shape index (κ1) is 23.8. The third-order valence-electron chi connectivity index (χ3n) is 6.43. The van der Waals surface area contributed by atoms with Crippen LogP contribution in [0.5, 0.6) is 0 Å². The Morgan fingerprint density at radius 1 is 1.06 bits per heavy atom. The van der Waals surface area contributed by atoms with E-state index in [1.54, 1.807) is 18.5 Å². The van der Waals surface area contributed by atoms with Crippen LogP contribution >= 0.6 is 0 Å². The number of nitrogens with zero attached hydrogens (tertiary/aromatic N) is 3. The SMILES string of the molecule is C\C=C/N=C(C)/C(=C\C=C(/C)c1cc[nH]c(=O)c1)Nc1ccc(N2CCN(C3CC3)CC2)cc1. The van der Waals surface area contributed by atoms with Crippen molar-refractivity contribution in [3.63, 3.8) is 0 Å². The predicted octanol–water partition coefficient (Wildman–Crippen LogP) is 5.05. The standard InChI is InChI=1S/C28H35N5O/c1-4-14-29-22(3)27(12-5-21(2)23-13-15-30-28(34)20-23)31-24-6-8-25(9-7-24)32-16-18-33(19-17-32)26-10-11-26/h4-9,12-15,20,26,31H,10-11,16-19H2,1-3H3,(H,30,34)/b14-4-,21-5+,27-12+,29-22+. The molecule has 0 radical (unpaired) electrons. The number of aromatic amines is 1. The van der Waals surface area contributed by atoms with Gasteiger partial charge in [-0.2, -0.15) is 0 Å². The molecule has 2 fully saturated rings. The normalized spacial score (nSPS) is 18.6. The Morgan fingerprint density at radius 3 is 2.44 bits per heavy atom. The summed E-state index contributed by atoms with van der Waals surface area (Å²) in [6, 6.07) is 13.0. The third kappa shape index (κ3) is 6.35. The molecule has 2 aliphatic rings. The second-order valence-electron chi connectivity index (χ2n) is 8.99. The van der Waals surface area contributed by atoms with Gasteiger partial charge in [-0.1, -0.05) is 12.2 Å². The van der Waals surface area contributed by atoms with Gasteiger partial charge in [-0.3, -0.25) is 14.7 Å². The highest BCUT2D eigenvalue weighted by Crippen LogP contribution is 2.29. The molecular weight excluding hydrogens is 422 g/mol. The minimum Gasteiger partial charge on any atom is -0.369 e. The van der Waals surface area contributed by atoms with Crippen LogP contribution in [-0.4, -0.2) is 47.8 Å². The molecule has 6 heteroatoms. The fourth-order valence-electron chi connectivity index (χ4n) is 4.20. The van der Waals surface area contributed by atoms with E-state index >= 15 is 0 Å². The maximum Gasteiger partial charge on any atom is 0.248 e. The molecule has 178 valence electrons. The highest BCUT2D eigenvalue weighted by molar-refractivity contribution is 6.01. The zero-order chi connectivity index (χ0) is 23.9. The van der Waals surface area contributed by atoms with Crippen molar-refractivity contribution in [2.24, 2.45) is 4.99 Å². The molecule has 2 N–H and O–H groups in total. The summed E-state index contributed by atoms with van der Waals surface area (Å²) in [4.78, 5) is 24.0. The zero-order valence-electron chi connectivity index (χ0n) is 20.4. The van der Waals surface area contributed by atoms with Gasteiger partial charge >= 0.3 is 0 Å². The van der Waals surface area contributed by atoms with Gasteiger partial charge in [0.25, 0.3) is 0 Å². The zero-order valence-corrected chi connectivity index (χ0v) is 20.4. The van der Waals surface area contributed by atoms with E-state index in [9.17, 15) is 4.79 Å². The summed E-state index contributed by atoms with van der Waals surface area (Å²) in [6.45, 7) is 10.5. The number of H-pyrrole nitrogens is 1. The topological polar surface area (TPSA) is 63.7 Å². The number of hydrogen-bond acceptors (Lipinski definition) is 5. The lowest BCUT2D eigenvalue weighted by atomic mass is 10.1. The molecule has 0 unspecified atom stereocenters. The summed E-state index contributed by atoms with van der Waals surface area (Å²) in [7, 11) is 0. The third-order valence-corrected chi connectivity index (χ3v) is 6.43. The van der Waals surface area contributed by atoms with E-state index in [0.717, 1.165) is 60.5 Å². The quantitative estimate of drug-likeness (QED) is 0.430. The minimum atomic E-state index is -0.104. The minimum absolute atomic E-state index is 0.104. The summed E-state index contributed by atoms with van der Waals surface area (Å²) in [5.74, 6) is 0. The molecule has 0 atom stereocenters. The summed E-state index contributed by atoms with van der Waals surface area (Å²) < 4.78 is 0. The molecule has 1 aromatic carbocycles. The Morgan fingerprint density at radius 2 is 1.79 bits per heavy atom. The van der Waals surface area contributed by atoms with Gasteiger partial charge in [0, 0.05) is 62.1 Å². The molecule has 34 heavy (non-hydrogen) atoms. The molecule has 4 rings (SSSR count). The van der Waals surface area contributed by atoms with Crippen LogP contribution in [0.25, 0.3) is 5.57 Å². The number of benzene rings is 1. The molecular formula is C28H35N5O. The molecule has 0 bridgehead atoms.